The van der Waals surface area contributed by atoms with E-state index in [9.17, 15) is 28.8 Å². The predicted molar refractivity (Wildman–Crippen MR) is 292 cm³/mol. The number of hydrogen-bond donors (Lipinski definition) is 0. The monoisotopic (exact) mass is 1060 g/mol. The topological polar surface area (TPSA) is 186 Å². The van der Waals surface area contributed by atoms with Crippen molar-refractivity contribution < 1.29 is 57.3 Å². The average Bonchev–Trinajstić information content (AvgIpc) is 3.36. The molecule has 0 aromatic heterocycles. The molecule has 1 aliphatic heterocycles. The van der Waals surface area contributed by atoms with Gasteiger partial charge in [0.2, 0.25) is 0 Å². The first-order valence-corrected chi connectivity index (χ1v) is 28.1. The van der Waals surface area contributed by atoms with E-state index >= 15 is 9.59 Å². The molecule has 0 N–H and O–H groups in total. The van der Waals surface area contributed by atoms with E-state index in [1.807, 2.05) is 95.2 Å². The van der Waals surface area contributed by atoms with Crippen molar-refractivity contribution in [3.63, 3.8) is 0 Å². The number of esters is 4. The molecule has 424 valence electrons. The molecule has 0 aliphatic carbocycles. The van der Waals surface area contributed by atoms with Crippen LogP contribution in [0.15, 0.2) is 60.7 Å². The van der Waals surface area contributed by atoms with E-state index in [-0.39, 0.29) is 88.4 Å². The summed E-state index contributed by atoms with van der Waals surface area (Å²) in [4.78, 5) is 125. The lowest BCUT2D eigenvalue weighted by Gasteiger charge is -2.38. The Morgan fingerprint density at radius 2 is 0.605 bits per heavy atom. The fraction of sp³-hybridized carbons (Fsp3) is 0.667. The zero-order valence-electron chi connectivity index (χ0n) is 48.3. The van der Waals surface area contributed by atoms with Crippen molar-refractivity contribution in [3.8, 4) is 0 Å². The lowest BCUT2D eigenvalue weighted by molar-refractivity contribution is -0.178. The summed E-state index contributed by atoms with van der Waals surface area (Å²) in [6.45, 7) is 25.7. The van der Waals surface area contributed by atoms with Crippen molar-refractivity contribution >= 4 is 47.5 Å². The number of benzene rings is 2. The Hall–Kier alpha value is -5.80. The molecule has 2 aromatic carbocycles. The lowest BCUT2D eigenvalue weighted by atomic mass is 9.99. The standard InChI is InChI=1S/C60H92N4O12/c1-15-29-61-49(35-41(9)10)59(71)75-51(37-45-25-21-19-22-26-45)55(67)64(32-18-4)48(34-40(7)8)58(70)74-44(14)54(66)62(30-16-2)50(36-42(11)12)60(72)76-52(38-46-27-23-20-24-28-46)56(68)63(31-17-3)47(33-39(5)6)57(69)73-43(13)53(61)65/h19-28,39-44,47-52H,15-18,29-38H2,1-14H3/t43-,44+,47-,48-,49-,50-,51+,52+/m0/s1. The Morgan fingerprint density at radius 3 is 0.842 bits per heavy atom. The van der Waals surface area contributed by atoms with Crippen LogP contribution in [0.2, 0.25) is 0 Å². The number of nitrogens with zero attached hydrogens (tertiary/aromatic N) is 4. The van der Waals surface area contributed by atoms with Gasteiger partial charge in [0.25, 0.3) is 23.6 Å². The normalized spacial score (nSPS) is 23.8. The minimum absolute atomic E-state index is 0.0653. The van der Waals surface area contributed by atoms with E-state index in [0.29, 0.717) is 36.8 Å². The number of carbonyl (C=O) groups is 8. The average molecular weight is 1060 g/mol. The molecule has 2 aromatic rings. The van der Waals surface area contributed by atoms with Crippen LogP contribution in [0.25, 0.3) is 0 Å². The Bertz CT molecular complexity index is 2000. The molecular formula is C60H92N4O12. The summed E-state index contributed by atoms with van der Waals surface area (Å²) in [6, 6.07) is 13.1. The second-order valence-electron chi connectivity index (χ2n) is 22.1. The van der Waals surface area contributed by atoms with Gasteiger partial charge < -0.3 is 38.5 Å². The van der Waals surface area contributed by atoms with Gasteiger partial charge in [0, 0.05) is 39.0 Å². The maximum atomic E-state index is 15.3. The highest BCUT2D eigenvalue weighted by molar-refractivity contribution is 5.94. The van der Waals surface area contributed by atoms with Crippen LogP contribution in [-0.4, -0.2) is 142 Å². The minimum atomic E-state index is -1.47. The number of amides is 4. The molecule has 8 atom stereocenters. The van der Waals surface area contributed by atoms with Gasteiger partial charge in [-0.3, -0.25) is 19.2 Å². The SMILES string of the molecule is CCCN1C(=O)[C@H](C)OC(=O)[C@H](CC(C)C)N(CCC)C(=O)[C@@H](Cc2ccccc2)OC(=O)[C@H](CC(C)C)N(CCC)C(=O)[C@@H](C)OC(=O)[C@H](CC(C)C)N(CCC)C(=O)[C@@H](Cc2ccccc2)OC(=O)[C@@H]1CC(C)C. The lowest BCUT2D eigenvalue weighted by Crippen LogP contribution is -2.57. The van der Waals surface area contributed by atoms with Crippen LogP contribution < -0.4 is 0 Å². The Kier molecular flexibility index (Phi) is 27.2. The highest BCUT2D eigenvalue weighted by Crippen LogP contribution is 2.26. The van der Waals surface area contributed by atoms with E-state index in [1.54, 1.807) is 48.5 Å². The fourth-order valence-corrected chi connectivity index (χ4v) is 9.73. The summed E-state index contributed by atoms with van der Waals surface area (Å²) in [7, 11) is 0. The van der Waals surface area contributed by atoms with Crippen LogP contribution >= 0.6 is 0 Å². The van der Waals surface area contributed by atoms with Gasteiger partial charge in [0.15, 0.2) is 24.4 Å². The van der Waals surface area contributed by atoms with Crippen molar-refractivity contribution in [2.45, 2.75) is 210 Å². The van der Waals surface area contributed by atoms with Gasteiger partial charge >= 0.3 is 23.9 Å². The zero-order chi connectivity index (χ0) is 56.8. The second kappa shape index (κ2) is 32.1. The van der Waals surface area contributed by atoms with E-state index in [1.165, 1.54) is 33.4 Å². The third kappa shape index (κ3) is 19.3. The third-order valence-electron chi connectivity index (χ3n) is 13.2. The van der Waals surface area contributed by atoms with Gasteiger partial charge in [0.1, 0.15) is 24.2 Å². The van der Waals surface area contributed by atoms with Crippen LogP contribution in [0, 0.1) is 23.7 Å². The largest absolute Gasteiger partial charge is 0.451 e. The summed E-state index contributed by atoms with van der Waals surface area (Å²) >= 11 is 0. The van der Waals surface area contributed by atoms with Crippen LogP contribution in [-0.2, 0) is 70.1 Å². The van der Waals surface area contributed by atoms with Gasteiger partial charge in [-0.1, -0.05) is 144 Å². The molecule has 16 heteroatoms. The highest BCUT2D eigenvalue weighted by atomic mass is 16.6. The molecule has 0 bridgehead atoms. The number of hydrogen-bond acceptors (Lipinski definition) is 12. The van der Waals surface area contributed by atoms with Crippen molar-refractivity contribution in [1.29, 1.82) is 0 Å². The second-order valence-corrected chi connectivity index (χ2v) is 22.1. The maximum absolute atomic E-state index is 15.3. The van der Waals surface area contributed by atoms with E-state index in [4.69, 9.17) is 18.9 Å². The first-order valence-electron chi connectivity index (χ1n) is 28.1. The summed E-state index contributed by atoms with van der Waals surface area (Å²) in [6.07, 6.45) is -3.78. The highest BCUT2D eigenvalue weighted by Gasteiger charge is 2.44. The van der Waals surface area contributed by atoms with Crippen molar-refractivity contribution in [3.05, 3.63) is 71.8 Å². The van der Waals surface area contributed by atoms with Crippen LogP contribution in [0.1, 0.15) is 159 Å². The van der Waals surface area contributed by atoms with Crippen LogP contribution in [0.3, 0.4) is 0 Å². The molecule has 4 amide bonds. The van der Waals surface area contributed by atoms with Gasteiger partial charge in [-0.05, 0) is 100 Å². The Balaban J connectivity index is 2.42. The van der Waals surface area contributed by atoms with E-state index < -0.39 is 96.1 Å². The summed E-state index contributed by atoms with van der Waals surface area (Å²) in [5.74, 6) is -6.67. The van der Waals surface area contributed by atoms with Gasteiger partial charge in [-0.2, -0.15) is 0 Å². The fourth-order valence-electron chi connectivity index (χ4n) is 9.73. The molecule has 0 unspecified atom stereocenters. The van der Waals surface area contributed by atoms with Gasteiger partial charge in [-0.25, -0.2) is 19.2 Å². The molecule has 1 heterocycles. The first-order chi connectivity index (χ1) is 36.0. The van der Waals surface area contributed by atoms with Crippen molar-refractivity contribution in [1.82, 2.24) is 19.6 Å². The molecule has 1 fully saturated rings. The summed E-state index contributed by atoms with van der Waals surface area (Å²) in [5.41, 5.74) is 1.35. The van der Waals surface area contributed by atoms with Crippen molar-refractivity contribution in [2.75, 3.05) is 26.2 Å². The zero-order valence-corrected chi connectivity index (χ0v) is 48.3. The minimum Gasteiger partial charge on any atom is -0.451 e. The Morgan fingerprint density at radius 1 is 0.368 bits per heavy atom. The van der Waals surface area contributed by atoms with Crippen LogP contribution in [0.4, 0.5) is 0 Å². The van der Waals surface area contributed by atoms with E-state index in [2.05, 4.69) is 0 Å². The third-order valence-corrected chi connectivity index (χ3v) is 13.2. The molecule has 0 saturated carbocycles. The quantitative estimate of drug-likeness (QED) is 0.0908. The summed E-state index contributed by atoms with van der Waals surface area (Å²) < 4.78 is 24.8. The smallest absolute Gasteiger partial charge is 0.329 e. The number of cyclic esters (lactones) is 4. The first kappa shape index (κ1) is 64.5. The molecule has 1 saturated heterocycles. The molecular weight excluding hydrogens is 969 g/mol. The van der Waals surface area contributed by atoms with E-state index in [0.717, 1.165) is 0 Å². The molecule has 3 rings (SSSR count). The predicted octanol–water partition coefficient (Wildman–Crippen LogP) is 8.79. The van der Waals surface area contributed by atoms with Gasteiger partial charge in [-0.15, -0.1) is 0 Å². The van der Waals surface area contributed by atoms with Gasteiger partial charge in [0.05, 0.1) is 0 Å². The maximum Gasteiger partial charge on any atom is 0.329 e. The molecule has 16 nitrogen and oxygen atoms in total. The summed E-state index contributed by atoms with van der Waals surface area (Å²) in [5, 5.41) is 0. The number of rotatable bonds is 20. The molecule has 1 aliphatic rings. The molecule has 0 radical (unpaired) electrons. The number of ether oxygens (including phenoxy) is 4. The van der Waals surface area contributed by atoms with Crippen LogP contribution in [0.5, 0.6) is 0 Å². The van der Waals surface area contributed by atoms with Crippen molar-refractivity contribution in [2.24, 2.45) is 23.7 Å². The molecule has 76 heavy (non-hydrogen) atoms. The number of carbonyl (C=O) groups excluding carboxylic acids is 8. The molecule has 0 spiro atoms. The Labute approximate surface area is 454 Å².